The van der Waals surface area contributed by atoms with Crippen molar-refractivity contribution in [2.24, 2.45) is 0 Å². The Morgan fingerprint density at radius 3 is 2.58 bits per heavy atom. The lowest BCUT2D eigenvalue weighted by atomic mass is 10.1. The van der Waals surface area contributed by atoms with Crippen LogP contribution in [0, 0.1) is 0 Å². The molecule has 19 heavy (non-hydrogen) atoms. The molecule has 1 aromatic rings. The number of rotatable bonds is 2. The molecular formula is C11H8N2O5S. The van der Waals surface area contributed by atoms with Gasteiger partial charge in [-0.05, 0) is 6.07 Å². The zero-order chi connectivity index (χ0) is 14.0. The Morgan fingerprint density at radius 2 is 1.95 bits per heavy atom. The molecule has 0 saturated carbocycles. The molecule has 0 aliphatic carbocycles. The highest BCUT2D eigenvalue weighted by Gasteiger charge is 2.32. The van der Waals surface area contributed by atoms with Crippen molar-refractivity contribution in [2.45, 2.75) is 6.42 Å². The van der Waals surface area contributed by atoms with E-state index >= 15 is 0 Å². The van der Waals surface area contributed by atoms with Gasteiger partial charge in [0, 0.05) is 24.9 Å². The fraction of sp³-hybridized carbons (Fsp3) is 0.0909. The molecule has 7 nitrogen and oxygen atoms in total. The average molecular weight is 280 g/mol. The number of carbonyl (C=O) groups is 1. The maximum absolute atomic E-state index is 12.2. The predicted octanol–water partition coefficient (Wildman–Crippen LogP) is -0.555. The molecular weight excluding hydrogens is 272 g/mol. The summed E-state index contributed by atoms with van der Waals surface area (Å²) < 4.78 is 25.1. The van der Waals surface area contributed by atoms with Crippen molar-refractivity contribution in [1.29, 1.82) is 0 Å². The largest absolute Gasteiger partial charge is 0.339 e. The second-order valence-electron chi connectivity index (χ2n) is 3.61. The number of amides is 1. The summed E-state index contributed by atoms with van der Waals surface area (Å²) >= 11 is 0. The van der Waals surface area contributed by atoms with Crippen LogP contribution in [-0.2, 0) is 19.8 Å². The van der Waals surface area contributed by atoms with Crippen LogP contribution in [0.15, 0.2) is 47.0 Å². The molecule has 2 rings (SSSR count). The van der Waals surface area contributed by atoms with Gasteiger partial charge < -0.3 is 0 Å². The van der Waals surface area contributed by atoms with Crippen molar-refractivity contribution in [2.75, 3.05) is 0 Å². The van der Waals surface area contributed by atoms with Gasteiger partial charge in [0.15, 0.2) is 0 Å². The Hall–Kier alpha value is -2.44. The van der Waals surface area contributed by atoms with Crippen LogP contribution < -0.4 is 5.56 Å². The van der Waals surface area contributed by atoms with Gasteiger partial charge in [-0.1, -0.05) is 12.1 Å². The fourth-order valence-electron chi connectivity index (χ4n) is 1.52. The number of allylic oxidation sites excluding steroid dienone is 1. The van der Waals surface area contributed by atoms with E-state index < -0.39 is 21.7 Å². The Balaban J connectivity index is 2.59. The number of hydrogen-bond acceptors (Lipinski definition) is 5. The second kappa shape index (κ2) is 4.68. The van der Waals surface area contributed by atoms with E-state index in [1.165, 1.54) is 24.2 Å². The lowest BCUT2D eigenvalue weighted by Crippen LogP contribution is -2.42. The van der Waals surface area contributed by atoms with Gasteiger partial charge >= 0.3 is 10.2 Å². The molecule has 0 spiro atoms. The van der Waals surface area contributed by atoms with Gasteiger partial charge in [0.25, 0.3) is 11.5 Å². The molecule has 98 valence electrons. The Labute approximate surface area is 108 Å². The van der Waals surface area contributed by atoms with E-state index in [9.17, 15) is 22.8 Å². The first-order valence-corrected chi connectivity index (χ1v) is 6.56. The van der Waals surface area contributed by atoms with Crippen LogP contribution in [0.3, 0.4) is 0 Å². The van der Waals surface area contributed by atoms with Gasteiger partial charge in [-0.25, -0.2) is 4.79 Å². The summed E-state index contributed by atoms with van der Waals surface area (Å²) in [5.74, 6) is 0.388. The van der Waals surface area contributed by atoms with Gasteiger partial charge in [0.1, 0.15) is 11.5 Å². The van der Waals surface area contributed by atoms with Gasteiger partial charge in [0.2, 0.25) is 0 Å². The maximum atomic E-state index is 12.2. The smallest absolute Gasteiger partial charge is 0.268 e. The van der Waals surface area contributed by atoms with Gasteiger partial charge in [-0.3, -0.25) is 9.59 Å². The molecule has 1 aliphatic rings. The van der Waals surface area contributed by atoms with Crippen molar-refractivity contribution >= 4 is 22.1 Å². The highest BCUT2D eigenvalue weighted by Crippen LogP contribution is 2.16. The number of nitrogens with zero attached hydrogens (tertiary/aromatic N) is 2. The number of hydrogen-bond donors (Lipinski definition) is 0. The Morgan fingerprint density at radius 1 is 1.21 bits per heavy atom. The summed E-state index contributed by atoms with van der Waals surface area (Å²) in [6.07, 6.45) is 3.38. The third-order valence-electron chi connectivity index (χ3n) is 2.43. The normalized spacial score (nSPS) is 15.5. The van der Waals surface area contributed by atoms with Crippen LogP contribution >= 0.6 is 0 Å². The summed E-state index contributed by atoms with van der Waals surface area (Å²) in [5.41, 5.74) is -1.11. The molecule has 0 radical (unpaired) electrons. The average Bonchev–Trinajstić information content (AvgIpc) is 2.39. The minimum atomic E-state index is -4.38. The fourth-order valence-corrected chi connectivity index (χ4v) is 2.78. The third kappa shape index (κ3) is 2.14. The van der Waals surface area contributed by atoms with Crippen LogP contribution in [0.4, 0.5) is 0 Å². The standard InChI is InChI=1S/C11H8N2O5S/c14-8-9-4-3-7-13(11(9)16)19(17,18)12-6-2-1-5-10(12)15/h1-3,5-7H,4H2. The van der Waals surface area contributed by atoms with Crippen LogP contribution in [0.2, 0.25) is 0 Å². The van der Waals surface area contributed by atoms with Crippen LogP contribution in [0.25, 0.3) is 0 Å². The zero-order valence-corrected chi connectivity index (χ0v) is 10.3. The SMILES string of the molecule is O=C=C1CC=CN(S(=O)(=O)n2ccccc2=O)C1=O. The molecule has 1 amide bonds. The minimum Gasteiger partial charge on any atom is -0.268 e. The molecule has 0 saturated heterocycles. The lowest BCUT2D eigenvalue weighted by Gasteiger charge is -2.21. The van der Waals surface area contributed by atoms with E-state index in [0.29, 0.717) is 8.28 Å². The van der Waals surface area contributed by atoms with Crippen LogP contribution in [0.5, 0.6) is 0 Å². The maximum Gasteiger partial charge on any atom is 0.339 e. The van der Waals surface area contributed by atoms with Crippen LogP contribution in [0.1, 0.15) is 6.42 Å². The monoisotopic (exact) mass is 280 g/mol. The molecule has 0 bridgehead atoms. The number of aromatic nitrogens is 1. The first-order valence-electron chi connectivity index (χ1n) is 5.16. The van der Waals surface area contributed by atoms with E-state index in [2.05, 4.69) is 0 Å². The number of pyridine rings is 1. The molecule has 0 atom stereocenters. The van der Waals surface area contributed by atoms with E-state index in [-0.39, 0.29) is 12.0 Å². The molecule has 1 aliphatic heterocycles. The van der Waals surface area contributed by atoms with Gasteiger partial charge in [-0.2, -0.15) is 16.7 Å². The van der Waals surface area contributed by atoms with Crippen molar-refractivity contribution in [3.8, 4) is 0 Å². The summed E-state index contributed by atoms with van der Waals surface area (Å²) in [4.78, 5) is 33.8. The summed E-state index contributed by atoms with van der Waals surface area (Å²) in [6, 6.07) is 3.76. The Bertz CT molecular complexity index is 768. The van der Waals surface area contributed by atoms with Gasteiger partial charge in [0.05, 0.1) is 0 Å². The van der Waals surface area contributed by atoms with E-state index in [0.717, 1.165) is 18.5 Å². The van der Waals surface area contributed by atoms with Crippen molar-refractivity contribution in [3.05, 3.63) is 52.6 Å². The number of carbonyl (C=O) groups excluding carboxylic acids is 2. The summed E-state index contributed by atoms with van der Waals surface area (Å²) in [6.45, 7) is 0. The van der Waals surface area contributed by atoms with Gasteiger partial charge in [-0.15, -0.1) is 0 Å². The highest BCUT2D eigenvalue weighted by atomic mass is 32.2. The molecule has 0 fully saturated rings. The third-order valence-corrected chi connectivity index (χ3v) is 4.01. The van der Waals surface area contributed by atoms with E-state index in [4.69, 9.17) is 0 Å². The molecule has 8 heteroatoms. The first-order chi connectivity index (χ1) is 8.98. The molecule has 0 N–H and O–H groups in total. The van der Waals surface area contributed by atoms with Crippen LogP contribution in [-0.4, -0.2) is 28.5 Å². The quantitative estimate of drug-likeness (QED) is 0.535. The highest BCUT2D eigenvalue weighted by molar-refractivity contribution is 7.88. The van der Waals surface area contributed by atoms with E-state index in [1.54, 1.807) is 0 Å². The first kappa shape index (κ1) is 13.0. The van der Waals surface area contributed by atoms with Crippen molar-refractivity contribution < 1.29 is 18.0 Å². The minimum absolute atomic E-state index is 0.0119. The predicted molar refractivity (Wildman–Crippen MR) is 64.8 cm³/mol. The van der Waals surface area contributed by atoms with E-state index in [1.807, 2.05) is 0 Å². The molecule has 1 aromatic heterocycles. The molecule has 0 unspecified atom stereocenters. The molecule has 2 heterocycles. The lowest BCUT2D eigenvalue weighted by molar-refractivity contribution is -0.121. The molecule has 0 aromatic carbocycles. The zero-order valence-electron chi connectivity index (χ0n) is 9.52. The summed E-state index contributed by atoms with van der Waals surface area (Å²) in [5, 5.41) is 0. The Kier molecular flexibility index (Phi) is 3.20. The van der Waals surface area contributed by atoms with Crippen molar-refractivity contribution in [1.82, 2.24) is 8.28 Å². The topological polar surface area (TPSA) is 93.5 Å². The van der Waals surface area contributed by atoms with Crippen molar-refractivity contribution in [3.63, 3.8) is 0 Å². The second-order valence-corrected chi connectivity index (χ2v) is 5.30. The summed E-state index contributed by atoms with van der Waals surface area (Å²) in [7, 11) is -4.38.